The quantitative estimate of drug-likeness (QED) is 0.338. The van der Waals surface area contributed by atoms with Gasteiger partial charge in [-0.3, -0.25) is 19.3 Å². The third kappa shape index (κ3) is 4.29. The Balaban J connectivity index is 1.51. The lowest BCUT2D eigenvalue weighted by atomic mass is 9.98. The van der Waals surface area contributed by atoms with Crippen LogP contribution < -0.4 is 10.5 Å². The van der Waals surface area contributed by atoms with Gasteiger partial charge in [-0.25, -0.2) is 9.78 Å². The molecule has 1 saturated heterocycles. The van der Waals surface area contributed by atoms with Crippen molar-refractivity contribution < 1.29 is 14.5 Å². The topological polar surface area (TPSA) is 107 Å². The van der Waals surface area contributed by atoms with Crippen LogP contribution in [0.5, 0.6) is 0 Å². The SMILES string of the molecule is Cc1csc2nc(COC(=O)c3ccc(N4CCC(C)CC4)c([N+](=O)[O-])c3)cc(=O)n12. The van der Waals surface area contributed by atoms with Crippen LogP contribution in [-0.4, -0.2) is 33.4 Å². The molecule has 1 aliphatic rings. The summed E-state index contributed by atoms with van der Waals surface area (Å²) >= 11 is 1.32. The lowest BCUT2D eigenvalue weighted by Gasteiger charge is -2.31. The number of nitro benzene ring substituents is 1. The van der Waals surface area contributed by atoms with Crippen molar-refractivity contribution in [3.63, 3.8) is 0 Å². The zero-order valence-electron chi connectivity index (χ0n) is 17.2. The van der Waals surface area contributed by atoms with Crippen molar-refractivity contribution in [1.82, 2.24) is 9.38 Å². The molecule has 31 heavy (non-hydrogen) atoms. The molecule has 1 aliphatic heterocycles. The van der Waals surface area contributed by atoms with Gasteiger partial charge in [0.15, 0.2) is 4.96 Å². The molecule has 0 atom stereocenters. The van der Waals surface area contributed by atoms with Gasteiger partial charge in [-0.05, 0) is 37.8 Å². The van der Waals surface area contributed by atoms with Crippen LogP contribution in [0, 0.1) is 23.0 Å². The Hall–Kier alpha value is -3.27. The smallest absolute Gasteiger partial charge is 0.338 e. The summed E-state index contributed by atoms with van der Waals surface area (Å²) in [5, 5.41) is 13.5. The maximum atomic E-state index is 12.5. The molecule has 9 nitrogen and oxygen atoms in total. The molecule has 0 unspecified atom stereocenters. The Morgan fingerprint density at radius 2 is 2.06 bits per heavy atom. The molecule has 1 fully saturated rings. The number of piperidine rings is 1. The maximum Gasteiger partial charge on any atom is 0.338 e. The second-order valence-electron chi connectivity index (χ2n) is 7.79. The summed E-state index contributed by atoms with van der Waals surface area (Å²) in [6.07, 6.45) is 1.95. The van der Waals surface area contributed by atoms with E-state index in [2.05, 4.69) is 11.9 Å². The molecule has 1 aromatic carbocycles. The number of esters is 1. The first-order valence-electron chi connectivity index (χ1n) is 10.0. The van der Waals surface area contributed by atoms with Crippen molar-refractivity contribution in [2.24, 2.45) is 5.92 Å². The zero-order valence-corrected chi connectivity index (χ0v) is 18.1. The van der Waals surface area contributed by atoms with Crippen molar-refractivity contribution >= 4 is 33.6 Å². The summed E-state index contributed by atoms with van der Waals surface area (Å²) in [6, 6.07) is 5.72. The molecule has 0 amide bonds. The number of carbonyl (C=O) groups is 1. The van der Waals surface area contributed by atoms with Crippen LogP contribution in [-0.2, 0) is 11.3 Å². The van der Waals surface area contributed by atoms with Gasteiger partial charge in [-0.15, -0.1) is 11.3 Å². The van der Waals surface area contributed by atoms with Gasteiger partial charge < -0.3 is 9.64 Å². The molecule has 0 aliphatic carbocycles. The maximum absolute atomic E-state index is 12.5. The van der Waals surface area contributed by atoms with E-state index in [4.69, 9.17) is 4.74 Å². The number of aromatic nitrogens is 2. The van der Waals surface area contributed by atoms with Crippen molar-refractivity contribution in [1.29, 1.82) is 0 Å². The average Bonchev–Trinajstić information content (AvgIpc) is 3.13. The summed E-state index contributed by atoms with van der Waals surface area (Å²) in [5.74, 6) is -0.102. The minimum Gasteiger partial charge on any atom is -0.456 e. The van der Waals surface area contributed by atoms with Gasteiger partial charge >= 0.3 is 5.97 Å². The monoisotopic (exact) mass is 442 g/mol. The van der Waals surface area contributed by atoms with Crippen molar-refractivity contribution in [3.05, 3.63) is 67.1 Å². The number of hydrogen-bond donors (Lipinski definition) is 0. The highest BCUT2D eigenvalue weighted by Crippen LogP contribution is 2.32. The molecule has 2 aromatic heterocycles. The number of anilines is 1. The van der Waals surface area contributed by atoms with E-state index >= 15 is 0 Å². The standard InChI is InChI=1S/C21H22N4O5S/c1-13-5-7-23(8-6-13)17-4-3-15(9-18(17)25(28)29)20(27)30-11-16-10-19(26)24-14(2)12-31-21(24)22-16/h3-4,9-10,12-13H,5-8,11H2,1-2H3. The van der Waals surface area contributed by atoms with Gasteiger partial charge in [0.2, 0.25) is 0 Å². The number of thiazole rings is 1. The van der Waals surface area contributed by atoms with Crippen LogP contribution in [0.3, 0.4) is 0 Å². The highest BCUT2D eigenvalue weighted by atomic mass is 32.1. The van der Waals surface area contributed by atoms with E-state index < -0.39 is 10.9 Å². The lowest BCUT2D eigenvalue weighted by molar-refractivity contribution is -0.384. The highest BCUT2D eigenvalue weighted by molar-refractivity contribution is 7.15. The van der Waals surface area contributed by atoms with E-state index in [1.165, 1.54) is 33.9 Å². The molecule has 3 heterocycles. The van der Waals surface area contributed by atoms with Gasteiger partial charge in [0.1, 0.15) is 12.3 Å². The lowest BCUT2D eigenvalue weighted by Crippen LogP contribution is -2.33. The van der Waals surface area contributed by atoms with Crippen LogP contribution in [0.15, 0.2) is 34.4 Å². The number of hydrogen-bond acceptors (Lipinski definition) is 8. The third-order valence-corrected chi connectivity index (χ3v) is 6.46. The first-order chi connectivity index (χ1) is 14.8. The number of aryl methyl sites for hydroxylation is 1. The van der Waals surface area contributed by atoms with Gasteiger partial charge in [-0.2, -0.15) is 0 Å². The molecule has 0 radical (unpaired) electrons. The van der Waals surface area contributed by atoms with Gasteiger partial charge in [0.05, 0.1) is 16.2 Å². The predicted molar refractivity (Wildman–Crippen MR) is 117 cm³/mol. The molecule has 10 heteroatoms. The summed E-state index contributed by atoms with van der Waals surface area (Å²) in [6.45, 7) is 5.29. The molecule has 0 spiro atoms. The average molecular weight is 442 g/mol. The van der Waals surface area contributed by atoms with Gasteiger partial charge in [0, 0.05) is 36.3 Å². The number of fused-ring (bicyclic) bond motifs is 1. The van der Waals surface area contributed by atoms with Crippen LogP contribution in [0.25, 0.3) is 4.96 Å². The predicted octanol–water partition coefficient (Wildman–Crippen LogP) is 3.57. The fourth-order valence-corrected chi connectivity index (χ4v) is 4.60. The fourth-order valence-electron chi connectivity index (χ4n) is 3.71. The molecular weight excluding hydrogens is 420 g/mol. The first-order valence-corrected chi connectivity index (χ1v) is 10.9. The number of nitrogens with zero attached hydrogens (tertiary/aromatic N) is 4. The summed E-state index contributed by atoms with van der Waals surface area (Å²) in [5.41, 5.74) is 1.36. The Morgan fingerprint density at radius 1 is 1.32 bits per heavy atom. The molecular formula is C21H22N4O5S. The Bertz CT molecular complexity index is 1210. The largest absolute Gasteiger partial charge is 0.456 e. The van der Waals surface area contributed by atoms with E-state index in [1.807, 2.05) is 17.2 Å². The molecule has 0 N–H and O–H groups in total. The van der Waals surface area contributed by atoms with E-state index in [9.17, 15) is 19.7 Å². The zero-order chi connectivity index (χ0) is 22.1. The second-order valence-corrected chi connectivity index (χ2v) is 8.62. The minimum absolute atomic E-state index is 0.0885. The number of carbonyl (C=O) groups excluding carboxylic acids is 1. The van der Waals surface area contributed by atoms with Crippen LogP contribution in [0.1, 0.15) is 41.5 Å². The molecule has 3 aromatic rings. The van der Waals surface area contributed by atoms with E-state index in [0.717, 1.165) is 31.6 Å². The molecule has 0 saturated carbocycles. The third-order valence-electron chi connectivity index (χ3n) is 5.51. The van der Waals surface area contributed by atoms with Crippen LogP contribution in [0.2, 0.25) is 0 Å². The highest BCUT2D eigenvalue weighted by Gasteiger charge is 2.25. The number of rotatable bonds is 5. The summed E-state index contributed by atoms with van der Waals surface area (Å²) in [7, 11) is 0. The van der Waals surface area contributed by atoms with E-state index in [-0.39, 0.29) is 23.4 Å². The minimum atomic E-state index is -0.703. The van der Waals surface area contributed by atoms with Gasteiger partial charge in [-0.1, -0.05) is 6.92 Å². The first kappa shape index (κ1) is 21.0. The van der Waals surface area contributed by atoms with Gasteiger partial charge in [0.25, 0.3) is 11.2 Å². The van der Waals surface area contributed by atoms with Crippen LogP contribution in [0.4, 0.5) is 11.4 Å². The Labute approximate surface area is 182 Å². The van der Waals surface area contributed by atoms with Crippen molar-refractivity contribution in [2.45, 2.75) is 33.3 Å². The Kier molecular flexibility index (Phi) is 5.73. The number of ether oxygens (including phenoxy) is 1. The summed E-state index contributed by atoms with van der Waals surface area (Å²) < 4.78 is 6.76. The number of benzene rings is 1. The summed E-state index contributed by atoms with van der Waals surface area (Å²) in [4.78, 5) is 42.7. The number of nitro groups is 1. The van der Waals surface area contributed by atoms with E-state index in [0.29, 0.717) is 22.3 Å². The second kappa shape index (κ2) is 8.46. The molecule has 162 valence electrons. The molecule has 0 bridgehead atoms. The van der Waals surface area contributed by atoms with Crippen molar-refractivity contribution in [2.75, 3.05) is 18.0 Å². The normalized spacial score (nSPS) is 14.7. The Morgan fingerprint density at radius 3 is 2.77 bits per heavy atom. The molecule has 4 rings (SSSR count). The van der Waals surface area contributed by atoms with Crippen LogP contribution >= 0.6 is 11.3 Å². The fraction of sp³-hybridized carbons (Fsp3) is 0.381. The van der Waals surface area contributed by atoms with Crippen molar-refractivity contribution in [3.8, 4) is 0 Å². The van der Waals surface area contributed by atoms with E-state index in [1.54, 1.807) is 6.07 Å².